The molecule has 0 aliphatic rings. The summed E-state index contributed by atoms with van der Waals surface area (Å²) in [4.78, 5) is 22.1. The lowest BCUT2D eigenvalue weighted by Crippen LogP contribution is -2.10. The van der Waals surface area contributed by atoms with Gasteiger partial charge >= 0.3 is 5.97 Å². The van der Waals surface area contributed by atoms with Crippen molar-refractivity contribution in [3.8, 4) is 5.75 Å². The predicted octanol–water partition coefficient (Wildman–Crippen LogP) is 3.13. The SMILES string of the molecule is CC(=O)Oc1ccc(N=Nc2ccccc2C(N)=O)cc1. The van der Waals surface area contributed by atoms with Crippen LogP contribution in [0.5, 0.6) is 5.75 Å². The maximum absolute atomic E-state index is 11.3. The van der Waals surface area contributed by atoms with E-state index >= 15 is 0 Å². The minimum atomic E-state index is -0.560. The summed E-state index contributed by atoms with van der Waals surface area (Å²) in [5, 5.41) is 8.02. The van der Waals surface area contributed by atoms with Gasteiger partial charge in [0.15, 0.2) is 0 Å². The zero-order valence-corrected chi connectivity index (χ0v) is 11.3. The molecule has 21 heavy (non-hydrogen) atoms. The molecule has 0 fully saturated rings. The lowest BCUT2D eigenvalue weighted by atomic mass is 10.2. The Labute approximate surface area is 121 Å². The third-order valence-electron chi connectivity index (χ3n) is 2.54. The summed E-state index contributed by atoms with van der Waals surface area (Å²) in [5.41, 5.74) is 6.52. The van der Waals surface area contributed by atoms with Gasteiger partial charge < -0.3 is 10.5 Å². The molecule has 1 amide bonds. The molecule has 0 aromatic heterocycles. The average Bonchev–Trinajstić information content (AvgIpc) is 2.46. The second-order valence-corrected chi connectivity index (χ2v) is 4.17. The number of carbonyl (C=O) groups excluding carboxylic acids is 2. The van der Waals surface area contributed by atoms with E-state index in [0.717, 1.165) is 0 Å². The Morgan fingerprint density at radius 1 is 1.00 bits per heavy atom. The van der Waals surface area contributed by atoms with Crippen LogP contribution in [0.15, 0.2) is 58.8 Å². The summed E-state index contributed by atoms with van der Waals surface area (Å²) in [7, 11) is 0. The van der Waals surface area contributed by atoms with Crippen molar-refractivity contribution in [2.24, 2.45) is 16.0 Å². The van der Waals surface area contributed by atoms with Crippen LogP contribution in [-0.4, -0.2) is 11.9 Å². The third kappa shape index (κ3) is 3.97. The van der Waals surface area contributed by atoms with Crippen LogP contribution in [0.25, 0.3) is 0 Å². The second-order valence-electron chi connectivity index (χ2n) is 4.17. The molecular weight excluding hydrogens is 270 g/mol. The summed E-state index contributed by atoms with van der Waals surface area (Å²) >= 11 is 0. The number of esters is 1. The van der Waals surface area contributed by atoms with Crippen LogP contribution in [0.4, 0.5) is 11.4 Å². The maximum Gasteiger partial charge on any atom is 0.308 e. The van der Waals surface area contributed by atoms with E-state index in [1.165, 1.54) is 6.92 Å². The average molecular weight is 283 g/mol. The fraction of sp³-hybridized carbons (Fsp3) is 0.0667. The van der Waals surface area contributed by atoms with E-state index in [4.69, 9.17) is 10.5 Å². The molecular formula is C15H13N3O3. The van der Waals surface area contributed by atoms with E-state index in [1.54, 1.807) is 48.5 Å². The molecule has 106 valence electrons. The van der Waals surface area contributed by atoms with Crippen LogP contribution in [0.1, 0.15) is 17.3 Å². The van der Waals surface area contributed by atoms with Gasteiger partial charge in [-0.15, -0.1) is 5.11 Å². The predicted molar refractivity (Wildman–Crippen MR) is 76.9 cm³/mol. The number of amides is 1. The summed E-state index contributed by atoms with van der Waals surface area (Å²) in [5.74, 6) is -0.520. The number of carbonyl (C=O) groups is 2. The highest BCUT2D eigenvalue weighted by atomic mass is 16.5. The molecule has 0 aliphatic carbocycles. The van der Waals surface area contributed by atoms with E-state index < -0.39 is 5.91 Å². The minimum Gasteiger partial charge on any atom is -0.427 e. The molecule has 6 heteroatoms. The van der Waals surface area contributed by atoms with Gasteiger partial charge in [-0.05, 0) is 36.4 Å². The van der Waals surface area contributed by atoms with Gasteiger partial charge in [-0.25, -0.2) is 0 Å². The number of primary amides is 1. The van der Waals surface area contributed by atoms with Crippen molar-refractivity contribution in [2.45, 2.75) is 6.92 Å². The van der Waals surface area contributed by atoms with Crippen molar-refractivity contribution >= 4 is 23.3 Å². The summed E-state index contributed by atoms with van der Waals surface area (Å²) in [6.45, 7) is 1.33. The molecule has 6 nitrogen and oxygen atoms in total. The van der Waals surface area contributed by atoms with Crippen LogP contribution in [0.2, 0.25) is 0 Å². The van der Waals surface area contributed by atoms with E-state index in [0.29, 0.717) is 22.7 Å². The Morgan fingerprint density at radius 3 is 2.29 bits per heavy atom. The first kappa shape index (κ1) is 14.4. The molecule has 0 aliphatic heterocycles. The third-order valence-corrected chi connectivity index (χ3v) is 2.54. The topological polar surface area (TPSA) is 94.1 Å². The fourth-order valence-electron chi connectivity index (χ4n) is 1.63. The highest BCUT2D eigenvalue weighted by Gasteiger charge is 2.06. The van der Waals surface area contributed by atoms with E-state index in [-0.39, 0.29) is 5.97 Å². The number of rotatable bonds is 4. The van der Waals surface area contributed by atoms with Crippen LogP contribution in [0, 0.1) is 0 Å². The first-order valence-corrected chi connectivity index (χ1v) is 6.15. The van der Waals surface area contributed by atoms with Gasteiger partial charge in [0.2, 0.25) is 0 Å². The molecule has 0 unspecified atom stereocenters. The summed E-state index contributed by atoms with van der Waals surface area (Å²) < 4.78 is 4.91. The van der Waals surface area contributed by atoms with Gasteiger partial charge in [0.1, 0.15) is 5.75 Å². The van der Waals surface area contributed by atoms with Crippen molar-refractivity contribution in [1.82, 2.24) is 0 Å². The molecule has 0 spiro atoms. The van der Waals surface area contributed by atoms with Crippen molar-refractivity contribution in [3.05, 3.63) is 54.1 Å². The van der Waals surface area contributed by atoms with Gasteiger partial charge in [0.05, 0.1) is 16.9 Å². The molecule has 0 saturated carbocycles. The highest BCUT2D eigenvalue weighted by molar-refractivity contribution is 5.97. The molecule has 0 radical (unpaired) electrons. The van der Waals surface area contributed by atoms with E-state index in [9.17, 15) is 9.59 Å². The molecule has 2 aromatic rings. The van der Waals surface area contributed by atoms with Crippen LogP contribution in [0.3, 0.4) is 0 Å². The molecule has 2 rings (SSSR count). The Kier molecular flexibility index (Phi) is 4.40. The number of azo groups is 1. The van der Waals surface area contributed by atoms with Gasteiger partial charge in [-0.2, -0.15) is 5.11 Å². The molecule has 2 N–H and O–H groups in total. The number of benzene rings is 2. The lowest BCUT2D eigenvalue weighted by molar-refractivity contribution is -0.131. The van der Waals surface area contributed by atoms with Crippen molar-refractivity contribution in [2.75, 3.05) is 0 Å². The van der Waals surface area contributed by atoms with Crippen molar-refractivity contribution < 1.29 is 14.3 Å². The number of nitrogens with zero attached hydrogens (tertiary/aromatic N) is 2. The number of nitrogens with two attached hydrogens (primary N) is 1. The molecule has 0 heterocycles. The number of hydrogen-bond acceptors (Lipinski definition) is 5. The zero-order chi connectivity index (χ0) is 15.2. The molecule has 0 atom stereocenters. The Hall–Kier alpha value is -3.02. The number of hydrogen-bond donors (Lipinski definition) is 1. The van der Waals surface area contributed by atoms with E-state index in [1.807, 2.05) is 0 Å². The van der Waals surface area contributed by atoms with Crippen LogP contribution in [-0.2, 0) is 4.79 Å². The Balaban J connectivity index is 2.18. The summed E-state index contributed by atoms with van der Waals surface area (Å²) in [6, 6.07) is 13.2. The van der Waals surface area contributed by atoms with Gasteiger partial charge in [0.25, 0.3) is 5.91 Å². The first-order valence-electron chi connectivity index (χ1n) is 6.15. The maximum atomic E-state index is 11.3. The molecule has 2 aromatic carbocycles. The zero-order valence-electron chi connectivity index (χ0n) is 11.3. The van der Waals surface area contributed by atoms with Gasteiger partial charge in [-0.3, -0.25) is 9.59 Å². The Bertz CT molecular complexity index is 694. The standard InChI is InChI=1S/C15H13N3O3/c1-10(19)21-12-8-6-11(7-9-12)17-18-14-5-3-2-4-13(14)15(16)20/h2-9H,1H3,(H2,16,20). The monoisotopic (exact) mass is 283 g/mol. The quantitative estimate of drug-likeness (QED) is 0.530. The highest BCUT2D eigenvalue weighted by Crippen LogP contribution is 2.23. The van der Waals surface area contributed by atoms with Gasteiger partial charge in [-0.1, -0.05) is 12.1 Å². The van der Waals surface area contributed by atoms with Crippen molar-refractivity contribution in [3.63, 3.8) is 0 Å². The van der Waals surface area contributed by atoms with E-state index in [2.05, 4.69) is 10.2 Å². The normalized spacial score (nSPS) is 10.5. The number of ether oxygens (including phenoxy) is 1. The lowest BCUT2D eigenvalue weighted by Gasteiger charge is -2.01. The Morgan fingerprint density at radius 2 is 1.67 bits per heavy atom. The van der Waals surface area contributed by atoms with Crippen LogP contribution < -0.4 is 10.5 Å². The fourth-order valence-corrected chi connectivity index (χ4v) is 1.63. The smallest absolute Gasteiger partial charge is 0.308 e. The molecule has 0 bridgehead atoms. The summed E-state index contributed by atoms with van der Waals surface area (Å²) in [6.07, 6.45) is 0. The minimum absolute atomic E-state index is 0.304. The van der Waals surface area contributed by atoms with Crippen LogP contribution >= 0.6 is 0 Å². The molecule has 0 saturated heterocycles. The largest absolute Gasteiger partial charge is 0.427 e. The second kappa shape index (κ2) is 6.42. The first-order chi connectivity index (χ1) is 10.1. The van der Waals surface area contributed by atoms with Gasteiger partial charge in [0, 0.05) is 6.92 Å². The van der Waals surface area contributed by atoms with Crippen molar-refractivity contribution in [1.29, 1.82) is 0 Å².